The molecule has 0 amide bonds. The molecule has 0 saturated carbocycles. The Morgan fingerprint density at radius 3 is 1.39 bits per heavy atom. The summed E-state index contributed by atoms with van der Waals surface area (Å²) in [5.74, 6) is -12.4. The van der Waals surface area contributed by atoms with Crippen LogP contribution >= 0.6 is 11.8 Å². The smallest absolute Gasteiger partial charge is 0.199 e. The van der Waals surface area contributed by atoms with Crippen LogP contribution in [-0.4, -0.2) is 151 Å². The molecule has 0 aromatic heterocycles. The minimum atomic E-state index is -4.33. The van der Waals surface area contributed by atoms with Gasteiger partial charge in [-0.3, -0.25) is 33.6 Å². The molecule has 17 nitrogen and oxygen atoms in total. The van der Waals surface area contributed by atoms with Gasteiger partial charge >= 0.3 is 0 Å². The van der Waals surface area contributed by atoms with Gasteiger partial charge in [0.05, 0.1) is 0 Å². The van der Waals surface area contributed by atoms with Crippen LogP contribution in [0.4, 0.5) is 4.39 Å². The Labute approximate surface area is 293 Å². The second-order valence-electron chi connectivity index (χ2n) is 12.8. The van der Waals surface area contributed by atoms with Gasteiger partial charge in [0.15, 0.2) is 74.1 Å². The maximum Gasteiger partial charge on any atom is 0.199 e. The molecule has 0 bridgehead atoms. The van der Waals surface area contributed by atoms with Crippen molar-refractivity contribution in [3.8, 4) is 0 Å². The number of hydrogen-bond donors (Lipinski definition) is 8. The van der Waals surface area contributed by atoms with Crippen molar-refractivity contribution in [1.82, 2.24) is 0 Å². The number of aliphatic hydroxyl groups excluding tert-OH is 2. The van der Waals surface area contributed by atoms with Gasteiger partial charge in [0, 0.05) is 4.90 Å². The van der Waals surface area contributed by atoms with E-state index in [-0.39, 0.29) is 16.7 Å². The third kappa shape index (κ3) is 5.49. The zero-order valence-corrected chi connectivity index (χ0v) is 29.1. The summed E-state index contributed by atoms with van der Waals surface area (Å²) in [7, 11) is 0. The number of carbonyl (C=O) groups is 7. The predicted molar refractivity (Wildman–Crippen MR) is 166 cm³/mol. The van der Waals surface area contributed by atoms with Crippen molar-refractivity contribution in [3.63, 3.8) is 0 Å². The zero-order valence-electron chi connectivity index (χ0n) is 28.3. The van der Waals surface area contributed by atoms with E-state index in [1.807, 2.05) is 0 Å². The van der Waals surface area contributed by atoms with Gasteiger partial charge in [0.2, 0.25) is 0 Å². The predicted octanol–water partition coefficient (Wildman–Crippen LogP) is -3.36. The topological polar surface area (TPSA) is 300 Å². The molecule has 0 radical (unpaired) electrons. The first-order valence-electron chi connectivity index (χ1n) is 15.1. The Morgan fingerprint density at radius 1 is 0.608 bits per heavy atom. The lowest BCUT2D eigenvalue weighted by Gasteiger charge is -2.66. The fourth-order valence-corrected chi connectivity index (χ4v) is 8.23. The van der Waals surface area contributed by atoms with Gasteiger partial charge in [-0.25, -0.2) is 4.39 Å². The van der Waals surface area contributed by atoms with E-state index in [1.54, 1.807) is 0 Å². The highest BCUT2D eigenvalue weighted by Crippen LogP contribution is 2.58. The third-order valence-corrected chi connectivity index (χ3v) is 11.1. The molecule has 2 fully saturated rings. The first-order valence-corrected chi connectivity index (χ1v) is 16.0. The second kappa shape index (κ2) is 13.6. The number of thioether (sulfide) groups is 1. The van der Waals surface area contributed by atoms with Crippen LogP contribution < -0.4 is 0 Å². The van der Waals surface area contributed by atoms with E-state index in [2.05, 4.69) is 0 Å². The average Bonchev–Trinajstić information content (AvgIpc) is 3.03. The van der Waals surface area contributed by atoms with Crippen LogP contribution in [0.2, 0.25) is 0 Å². The number of aliphatic hydroxyl groups is 8. The molecule has 2 aliphatic rings. The summed E-state index contributed by atoms with van der Waals surface area (Å²) in [6.07, 6.45) is -15.0. The lowest BCUT2D eigenvalue weighted by atomic mass is 9.51. The van der Waals surface area contributed by atoms with E-state index < -0.39 is 116 Å². The molecule has 3 rings (SSSR count). The van der Waals surface area contributed by atoms with E-state index in [4.69, 9.17) is 9.47 Å². The molecule has 282 valence electrons. The number of ether oxygens (including phenoxy) is 2. The van der Waals surface area contributed by atoms with Crippen LogP contribution in [0.3, 0.4) is 0 Å². The van der Waals surface area contributed by atoms with Gasteiger partial charge in [-0.05, 0) is 72.7 Å². The molecule has 2 heterocycles. The lowest BCUT2D eigenvalue weighted by molar-refractivity contribution is -0.401. The Kier molecular flexibility index (Phi) is 11.3. The summed E-state index contributed by atoms with van der Waals surface area (Å²) in [6, 6.07) is 3.98. The van der Waals surface area contributed by atoms with Crippen LogP contribution in [0.25, 0.3) is 0 Å². The van der Waals surface area contributed by atoms with Crippen LogP contribution in [-0.2, 0) is 43.0 Å². The quantitative estimate of drug-likeness (QED) is 0.104. The highest BCUT2D eigenvalue weighted by molar-refractivity contribution is 8.00. The number of halogens is 1. The first kappa shape index (κ1) is 42.2. The van der Waals surface area contributed by atoms with Gasteiger partial charge in [0.25, 0.3) is 0 Å². The van der Waals surface area contributed by atoms with Gasteiger partial charge in [-0.2, -0.15) is 0 Å². The fourth-order valence-electron chi connectivity index (χ4n) is 7.00. The summed E-state index contributed by atoms with van der Waals surface area (Å²) < 4.78 is 25.0. The normalized spacial score (nSPS) is 39.4. The maximum absolute atomic E-state index is 13.8. The molecule has 2 unspecified atom stereocenters. The van der Waals surface area contributed by atoms with Gasteiger partial charge < -0.3 is 50.3 Å². The highest BCUT2D eigenvalue weighted by atomic mass is 32.2. The Hall–Kier alpha value is -3.21. The van der Waals surface area contributed by atoms with Crippen LogP contribution in [0, 0.1) is 5.82 Å². The summed E-state index contributed by atoms with van der Waals surface area (Å²) in [5, 5.41) is 95.9. The molecule has 2 aliphatic heterocycles. The monoisotopic (exact) mass is 746 g/mol. The molecule has 12 atom stereocenters. The zero-order chi connectivity index (χ0) is 39.6. The minimum Gasteiger partial charge on any atom is -0.382 e. The molecule has 0 aliphatic carbocycles. The molecule has 51 heavy (non-hydrogen) atoms. The maximum atomic E-state index is 13.8. The lowest BCUT2D eigenvalue weighted by Crippen LogP contribution is -2.95. The van der Waals surface area contributed by atoms with Crippen LogP contribution in [0.5, 0.6) is 0 Å². The largest absolute Gasteiger partial charge is 0.382 e. The molecular formula is C32H39FO17S. The van der Waals surface area contributed by atoms with Gasteiger partial charge in [-0.1, -0.05) is 11.8 Å². The summed E-state index contributed by atoms with van der Waals surface area (Å²) in [5.41, 5.74) is -27.4. The standard InChI is InChI=1S/C32H39FO17S/c1-12(34)21(41)23-27(43,14(3)36)31(47,17(6)39)28(44,15(4)37)25(49-23)30(46)24(22(42)13(2)35)50-26(51-20-10-8-19(33)9-11-20)29(45,16(5)38)32(30,48)18(7)40/h8-11,21-26,41-48H,1-7H3/t21?,22?,23-,24-,25-,26+,27-,28+,29+,30+,31+,32-/m1/s1. The Bertz CT molecular complexity index is 1670. The van der Waals surface area contributed by atoms with Crippen molar-refractivity contribution >= 4 is 52.2 Å². The number of benzene rings is 1. The summed E-state index contributed by atoms with van der Waals surface area (Å²) in [4.78, 5) is 92.5. The van der Waals surface area contributed by atoms with Crippen molar-refractivity contribution in [2.75, 3.05) is 0 Å². The number of ketones is 7. The highest BCUT2D eigenvalue weighted by Gasteiger charge is 2.88. The average molecular weight is 747 g/mol. The Morgan fingerprint density at radius 2 is 1.02 bits per heavy atom. The van der Waals surface area contributed by atoms with Crippen molar-refractivity contribution in [2.24, 2.45) is 0 Å². The SMILES string of the molecule is CC(=O)C(O)[C@H]1O[C@@H](Sc2ccc(F)cc2)[C@@](O)(C(C)=O)[C@](O)(C(C)=O)[C@@]1(O)[C@@H]1O[C@H](C(O)C(C)=O)[C@](O)(C(C)=O)[C@@](O)(C(C)=O)[C@]1(O)C(C)=O. The van der Waals surface area contributed by atoms with Crippen molar-refractivity contribution in [3.05, 3.63) is 30.1 Å². The molecule has 8 N–H and O–H groups in total. The van der Waals surface area contributed by atoms with E-state index in [9.17, 15) is 78.8 Å². The van der Waals surface area contributed by atoms with Crippen LogP contribution in [0.1, 0.15) is 48.5 Å². The first-order chi connectivity index (χ1) is 23.1. The van der Waals surface area contributed by atoms with E-state index in [0.29, 0.717) is 48.5 Å². The van der Waals surface area contributed by atoms with Crippen molar-refractivity contribution in [2.45, 2.75) is 123 Å². The molecule has 1 aromatic rings. The summed E-state index contributed by atoms with van der Waals surface area (Å²) in [6.45, 7) is 3.63. The van der Waals surface area contributed by atoms with Crippen molar-refractivity contribution < 1.29 is 88.3 Å². The number of Topliss-reactive ketones (excluding diaryl/α,β-unsaturated/α-hetero) is 7. The molecule has 1 aromatic carbocycles. The number of hydrogen-bond acceptors (Lipinski definition) is 18. The third-order valence-electron chi connectivity index (χ3n) is 9.85. The molecule has 0 spiro atoms. The van der Waals surface area contributed by atoms with Crippen molar-refractivity contribution in [1.29, 1.82) is 0 Å². The molecular weight excluding hydrogens is 707 g/mol. The fraction of sp³-hybridized carbons (Fsp3) is 0.594. The summed E-state index contributed by atoms with van der Waals surface area (Å²) >= 11 is 0.284. The van der Waals surface area contributed by atoms with E-state index >= 15 is 0 Å². The second-order valence-corrected chi connectivity index (χ2v) is 14.0. The van der Waals surface area contributed by atoms with Gasteiger partial charge in [0.1, 0.15) is 41.8 Å². The van der Waals surface area contributed by atoms with E-state index in [1.165, 1.54) is 0 Å². The minimum absolute atomic E-state index is 0.0511. The van der Waals surface area contributed by atoms with Gasteiger partial charge in [-0.15, -0.1) is 0 Å². The van der Waals surface area contributed by atoms with E-state index in [0.717, 1.165) is 24.3 Å². The van der Waals surface area contributed by atoms with Crippen LogP contribution in [0.15, 0.2) is 29.2 Å². The molecule has 2 saturated heterocycles. The molecule has 19 heteroatoms. The number of rotatable bonds is 12. The Balaban J connectivity index is 2.65. The number of carbonyl (C=O) groups excluding carboxylic acids is 7.